The highest BCUT2D eigenvalue weighted by atomic mass is 16.1. The van der Waals surface area contributed by atoms with Gasteiger partial charge in [-0.3, -0.25) is 4.79 Å². The average Bonchev–Trinajstić information content (AvgIpc) is 2.19. The Morgan fingerprint density at radius 3 is 2.57 bits per heavy atom. The fourth-order valence-corrected chi connectivity index (χ4v) is 1.53. The summed E-state index contributed by atoms with van der Waals surface area (Å²) >= 11 is 0. The number of allylic oxidation sites excluding steroid dienone is 2. The summed E-state index contributed by atoms with van der Waals surface area (Å²) in [5, 5.41) is 0. The molecule has 1 aromatic carbocycles. The maximum absolute atomic E-state index is 10.4. The number of rotatable bonds is 4. The molecule has 74 valence electrons. The van der Waals surface area contributed by atoms with E-state index in [1.165, 1.54) is 5.56 Å². The van der Waals surface area contributed by atoms with Crippen LogP contribution in [-0.2, 0) is 11.2 Å². The van der Waals surface area contributed by atoms with Crippen LogP contribution in [0.4, 0.5) is 0 Å². The summed E-state index contributed by atoms with van der Waals surface area (Å²) < 4.78 is 0. The van der Waals surface area contributed by atoms with Gasteiger partial charge < -0.3 is 0 Å². The van der Waals surface area contributed by atoms with E-state index in [-0.39, 0.29) is 0 Å². The predicted octanol–water partition coefficient (Wildman–Crippen LogP) is 3.01. The van der Waals surface area contributed by atoms with Crippen LogP contribution in [0, 0.1) is 5.92 Å². The molecular formula is C13H16O. The average molecular weight is 188 g/mol. The highest BCUT2D eigenvalue weighted by Crippen LogP contribution is 2.10. The van der Waals surface area contributed by atoms with Gasteiger partial charge in [0.15, 0.2) is 0 Å². The lowest BCUT2D eigenvalue weighted by Crippen LogP contribution is -1.97. The molecule has 0 radical (unpaired) electrons. The first-order valence-corrected chi connectivity index (χ1v) is 4.90. The minimum atomic E-state index is 0.419. The van der Waals surface area contributed by atoms with Crippen molar-refractivity contribution in [2.45, 2.75) is 20.3 Å². The highest BCUT2D eigenvalue weighted by molar-refractivity contribution is 5.72. The van der Waals surface area contributed by atoms with E-state index in [0.717, 1.165) is 18.3 Å². The Balaban J connectivity index is 2.58. The molecular weight excluding hydrogens is 172 g/mol. The topological polar surface area (TPSA) is 17.1 Å². The van der Waals surface area contributed by atoms with E-state index < -0.39 is 0 Å². The molecule has 1 rings (SSSR count). The third-order valence-electron chi connectivity index (χ3n) is 2.13. The molecule has 1 nitrogen and oxygen atoms in total. The molecule has 0 saturated carbocycles. The number of aldehydes is 1. The van der Waals surface area contributed by atoms with Gasteiger partial charge >= 0.3 is 0 Å². The second-order valence-corrected chi connectivity index (χ2v) is 3.70. The molecule has 0 N–H and O–H groups in total. The van der Waals surface area contributed by atoms with E-state index in [0.29, 0.717) is 5.92 Å². The zero-order chi connectivity index (χ0) is 10.4. The fraction of sp³-hybridized carbons (Fsp3) is 0.308. The molecule has 0 heterocycles. The molecule has 1 atom stereocenters. The van der Waals surface area contributed by atoms with E-state index in [1.807, 2.05) is 31.2 Å². The molecule has 0 aliphatic rings. The fourth-order valence-electron chi connectivity index (χ4n) is 1.53. The predicted molar refractivity (Wildman–Crippen MR) is 59.1 cm³/mol. The van der Waals surface area contributed by atoms with Crippen LogP contribution in [0.3, 0.4) is 0 Å². The van der Waals surface area contributed by atoms with Gasteiger partial charge in [0.2, 0.25) is 0 Å². The first-order valence-electron chi connectivity index (χ1n) is 4.90. The number of carbonyl (C=O) groups is 1. The van der Waals surface area contributed by atoms with Gasteiger partial charge in [-0.15, -0.1) is 0 Å². The lowest BCUT2D eigenvalue weighted by molar-refractivity contribution is -0.104. The third kappa shape index (κ3) is 3.56. The Kier molecular flexibility index (Phi) is 4.11. The summed E-state index contributed by atoms with van der Waals surface area (Å²) in [4.78, 5) is 10.4. The summed E-state index contributed by atoms with van der Waals surface area (Å²) in [5.41, 5.74) is 2.13. The SMILES string of the molecule is C/C(C=O)=C\C(C)Cc1ccccc1. The summed E-state index contributed by atoms with van der Waals surface area (Å²) in [7, 11) is 0. The molecule has 0 fully saturated rings. The molecule has 0 saturated heterocycles. The Labute approximate surface area is 85.5 Å². The van der Waals surface area contributed by atoms with Crippen LogP contribution in [0.2, 0.25) is 0 Å². The normalized spacial score (nSPS) is 13.7. The smallest absolute Gasteiger partial charge is 0.145 e. The largest absolute Gasteiger partial charge is 0.298 e. The van der Waals surface area contributed by atoms with Crippen molar-refractivity contribution in [3.63, 3.8) is 0 Å². The zero-order valence-electron chi connectivity index (χ0n) is 8.73. The van der Waals surface area contributed by atoms with Crippen LogP contribution in [0.15, 0.2) is 42.0 Å². The molecule has 0 spiro atoms. The number of benzene rings is 1. The molecule has 1 unspecified atom stereocenters. The van der Waals surface area contributed by atoms with E-state index >= 15 is 0 Å². The van der Waals surface area contributed by atoms with Crippen molar-refractivity contribution in [3.05, 3.63) is 47.5 Å². The summed E-state index contributed by atoms with van der Waals surface area (Å²) in [5.74, 6) is 0.419. The monoisotopic (exact) mass is 188 g/mol. The van der Waals surface area contributed by atoms with Gasteiger partial charge in [0.1, 0.15) is 6.29 Å². The van der Waals surface area contributed by atoms with Gasteiger partial charge in [-0.1, -0.05) is 43.3 Å². The lowest BCUT2D eigenvalue weighted by Gasteiger charge is -2.06. The summed E-state index contributed by atoms with van der Waals surface area (Å²) in [6.07, 6.45) is 3.91. The van der Waals surface area contributed by atoms with Gasteiger partial charge in [-0.2, -0.15) is 0 Å². The Bertz CT molecular complexity index is 311. The summed E-state index contributed by atoms with van der Waals surface area (Å²) in [6, 6.07) is 10.3. The molecule has 0 amide bonds. The number of hydrogen-bond acceptors (Lipinski definition) is 1. The Hall–Kier alpha value is -1.37. The quantitative estimate of drug-likeness (QED) is 0.524. The van der Waals surface area contributed by atoms with Crippen molar-refractivity contribution in [1.29, 1.82) is 0 Å². The van der Waals surface area contributed by atoms with Crippen molar-refractivity contribution in [1.82, 2.24) is 0 Å². The number of carbonyl (C=O) groups excluding carboxylic acids is 1. The van der Waals surface area contributed by atoms with Crippen molar-refractivity contribution in [3.8, 4) is 0 Å². The van der Waals surface area contributed by atoms with Crippen molar-refractivity contribution in [2.75, 3.05) is 0 Å². The minimum Gasteiger partial charge on any atom is -0.298 e. The second-order valence-electron chi connectivity index (χ2n) is 3.70. The molecule has 0 aliphatic heterocycles. The van der Waals surface area contributed by atoms with Crippen LogP contribution < -0.4 is 0 Å². The van der Waals surface area contributed by atoms with Gasteiger partial charge in [-0.05, 0) is 30.4 Å². The molecule has 1 heteroatoms. The van der Waals surface area contributed by atoms with Crippen molar-refractivity contribution in [2.24, 2.45) is 5.92 Å². The molecule has 1 aromatic rings. The lowest BCUT2D eigenvalue weighted by atomic mass is 9.99. The van der Waals surface area contributed by atoms with Crippen LogP contribution in [-0.4, -0.2) is 6.29 Å². The van der Waals surface area contributed by atoms with Gasteiger partial charge in [0.05, 0.1) is 0 Å². The van der Waals surface area contributed by atoms with Crippen LogP contribution in [0.5, 0.6) is 0 Å². The zero-order valence-corrected chi connectivity index (χ0v) is 8.73. The van der Waals surface area contributed by atoms with Crippen molar-refractivity contribution >= 4 is 6.29 Å². The van der Waals surface area contributed by atoms with Crippen LogP contribution in [0.25, 0.3) is 0 Å². The third-order valence-corrected chi connectivity index (χ3v) is 2.13. The van der Waals surface area contributed by atoms with E-state index in [4.69, 9.17) is 0 Å². The Morgan fingerprint density at radius 1 is 1.36 bits per heavy atom. The van der Waals surface area contributed by atoms with Crippen LogP contribution >= 0.6 is 0 Å². The van der Waals surface area contributed by atoms with E-state index in [1.54, 1.807) is 0 Å². The maximum Gasteiger partial charge on any atom is 0.145 e. The van der Waals surface area contributed by atoms with Gasteiger partial charge in [0, 0.05) is 0 Å². The molecule has 0 aromatic heterocycles. The van der Waals surface area contributed by atoms with Gasteiger partial charge in [-0.25, -0.2) is 0 Å². The molecule has 14 heavy (non-hydrogen) atoms. The second kappa shape index (κ2) is 5.38. The van der Waals surface area contributed by atoms with E-state index in [9.17, 15) is 4.79 Å². The molecule has 0 bridgehead atoms. The Morgan fingerprint density at radius 2 is 2.00 bits per heavy atom. The maximum atomic E-state index is 10.4. The standard InChI is InChI=1S/C13H16O/c1-11(8-12(2)10-14)9-13-6-4-3-5-7-13/h3-8,10-11H,9H2,1-2H3/b12-8+. The first-order chi connectivity index (χ1) is 6.72. The molecule has 0 aliphatic carbocycles. The van der Waals surface area contributed by atoms with E-state index in [2.05, 4.69) is 19.1 Å². The number of hydrogen-bond donors (Lipinski definition) is 0. The highest BCUT2D eigenvalue weighted by Gasteiger charge is 2.00. The summed E-state index contributed by atoms with van der Waals surface area (Å²) in [6.45, 7) is 3.97. The van der Waals surface area contributed by atoms with Crippen LogP contribution in [0.1, 0.15) is 19.4 Å². The minimum absolute atomic E-state index is 0.419. The first kappa shape index (κ1) is 10.7. The van der Waals surface area contributed by atoms with Crippen molar-refractivity contribution < 1.29 is 4.79 Å². The van der Waals surface area contributed by atoms with Gasteiger partial charge in [0.25, 0.3) is 0 Å².